The van der Waals surface area contributed by atoms with E-state index in [0.717, 1.165) is 25.9 Å². The summed E-state index contributed by atoms with van der Waals surface area (Å²) in [5.74, 6) is -0.199. The first-order valence-electron chi connectivity index (χ1n) is 6.52. The number of piperazine rings is 1. The van der Waals surface area contributed by atoms with Gasteiger partial charge in [-0.05, 0) is 19.8 Å². The van der Waals surface area contributed by atoms with Gasteiger partial charge in [-0.25, -0.2) is 0 Å². The Morgan fingerprint density at radius 1 is 1.39 bits per heavy atom. The molecule has 2 N–H and O–H groups in total. The molecule has 0 aromatic heterocycles. The molecule has 0 saturated carbocycles. The van der Waals surface area contributed by atoms with Crippen molar-refractivity contribution in [1.29, 1.82) is 0 Å². The lowest BCUT2D eigenvalue weighted by atomic mass is 10.0. The molecule has 6 heteroatoms. The lowest BCUT2D eigenvalue weighted by molar-refractivity contribution is -0.142. The van der Waals surface area contributed by atoms with Gasteiger partial charge in [-0.3, -0.25) is 9.59 Å². The van der Waals surface area contributed by atoms with Crippen molar-refractivity contribution in [1.82, 2.24) is 15.5 Å². The highest BCUT2D eigenvalue weighted by atomic mass is 16.5. The van der Waals surface area contributed by atoms with Gasteiger partial charge in [0.2, 0.25) is 5.91 Å². The Hall–Kier alpha value is -1.14. The minimum Gasteiger partial charge on any atom is -0.365 e. The number of carbonyl (C=O) groups is 2. The molecular formula is C12H21N3O3. The van der Waals surface area contributed by atoms with Crippen LogP contribution in [0.25, 0.3) is 0 Å². The van der Waals surface area contributed by atoms with Crippen LogP contribution in [0.2, 0.25) is 0 Å². The maximum absolute atomic E-state index is 11.9. The minimum absolute atomic E-state index is 0.0218. The SMILES string of the molecule is CC1(C(=O)NCC(=O)N2CCNCC2)CCCO1. The van der Waals surface area contributed by atoms with E-state index in [0.29, 0.717) is 19.7 Å². The minimum atomic E-state index is -0.746. The molecule has 1 unspecified atom stereocenters. The van der Waals surface area contributed by atoms with E-state index in [2.05, 4.69) is 10.6 Å². The molecule has 2 amide bonds. The number of nitrogens with zero attached hydrogens (tertiary/aromatic N) is 1. The average molecular weight is 255 g/mol. The zero-order valence-electron chi connectivity index (χ0n) is 10.8. The lowest BCUT2D eigenvalue weighted by Crippen LogP contribution is -2.52. The van der Waals surface area contributed by atoms with Crippen LogP contribution in [0.1, 0.15) is 19.8 Å². The van der Waals surface area contributed by atoms with Gasteiger partial charge in [0.1, 0.15) is 5.60 Å². The van der Waals surface area contributed by atoms with Gasteiger partial charge in [0, 0.05) is 32.8 Å². The second kappa shape index (κ2) is 5.67. The Bertz CT molecular complexity index is 321. The van der Waals surface area contributed by atoms with Crippen molar-refractivity contribution in [2.75, 3.05) is 39.3 Å². The second-order valence-corrected chi connectivity index (χ2v) is 5.00. The first kappa shape index (κ1) is 13.3. The molecule has 0 aromatic rings. The second-order valence-electron chi connectivity index (χ2n) is 5.00. The summed E-state index contributed by atoms with van der Waals surface area (Å²) < 4.78 is 5.43. The molecule has 2 fully saturated rings. The summed E-state index contributed by atoms with van der Waals surface area (Å²) >= 11 is 0. The predicted octanol–water partition coefficient (Wildman–Crippen LogP) is -0.896. The largest absolute Gasteiger partial charge is 0.365 e. The van der Waals surface area contributed by atoms with E-state index in [4.69, 9.17) is 4.74 Å². The first-order chi connectivity index (χ1) is 8.62. The van der Waals surface area contributed by atoms with Crippen molar-refractivity contribution in [3.8, 4) is 0 Å². The number of hydrogen-bond acceptors (Lipinski definition) is 4. The molecule has 1 atom stereocenters. The van der Waals surface area contributed by atoms with Crippen LogP contribution >= 0.6 is 0 Å². The van der Waals surface area contributed by atoms with Crippen molar-refractivity contribution >= 4 is 11.8 Å². The molecule has 2 saturated heterocycles. The van der Waals surface area contributed by atoms with Crippen molar-refractivity contribution in [3.05, 3.63) is 0 Å². The molecule has 0 bridgehead atoms. The Morgan fingerprint density at radius 3 is 2.72 bits per heavy atom. The fourth-order valence-electron chi connectivity index (χ4n) is 2.33. The molecule has 0 aliphatic carbocycles. The van der Waals surface area contributed by atoms with Crippen molar-refractivity contribution < 1.29 is 14.3 Å². The Morgan fingerprint density at radius 2 is 2.11 bits per heavy atom. The lowest BCUT2D eigenvalue weighted by Gasteiger charge is -2.28. The maximum Gasteiger partial charge on any atom is 0.252 e. The molecule has 0 aromatic carbocycles. The van der Waals surface area contributed by atoms with Gasteiger partial charge < -0.3 is 20.3 Å². The monoisotopic (exact) mass is 255 g/mol. The summed E-state index contributed by atoms with van der Waals surface area (Å²) in [5.41, 5.74) is -0.746. The number of rotatable bonds is 3. The standard InChI is InChI=1S/C12H21N3O3/c1-12(3-2-8-18-12)11(17)14-9-10(16)15-6-4-13-5-7-15/h13H,2-9H2,1H3,(H,14,17). The van der Waals surface area contributed by atoms with Crippen molar-refractivity contribution in [3.63, 3.8) is 0 Å². The molecule has 18 heavy (non-hydrogen) atoms. The van der Waals surface area contributed by atoms with Gasteiger partial charge >= 0.3 is 0 Å². The van der Waals surface area contributed by atoms with Crippen LogP contribution in [-0.2, 0) is 14.3 Å². The zero-order chi connectivity index (χ0) is 13.0. The normalized spacial score (nSPS) is 28.2. The molecule has 2 rings (SSSR count). The predicted molar refractivity (Wildman–Crippen MR) is 66.1 cm³/mol. The Balaban J connectivity index is 1.76. The molecule has 6 nitrogen and oxygen atoms in total. The van der Waals surface area contributed by atoms with Crippen molar-refractivity contribution in [2.45, 2.75) is 25.4 Å². The van der Waals surface area contributed by atoms with Gasteiger partial charge in [0.25, 0.3) is 5.91 Å². The average Bonchev–Trinajstić information content (AvgIpc) is 2.85. The topological polar surface area (TPSA) is 70.7 Å². The third kappa shape index (κ3) is 3.00. The summed E-state index contributed by atoms with van der Waals surface area (Å²) in [5, 5.41) is 5.87. The highest BCUT2D eigenvalue weighted by molar-refractivity contribution is 5.89. The smallest absolute Gasteiger partial charge is 0.252 e. The van der Waals surface area contributed by atoms with Gasteiger partial charge in [0.15, 0.2) is 0 Å². The van der Waals surface area contributed by atoms with Crippen LogP contribution in [-0.4, -0.2) is 61.6 Å². The van der Waals surface area contributed by atoms with Crippen LogP contribution < -0.4 is 10.6 Å². The van der Waals surface area contributed by atoms with E-state index in [9.17, 15) is 9.59 Å². The van der Waals surface area contributed by atoms with Gasteiger partial charge in [0.05, 0.1) is 6.54 Å². The van der Waals surface area contributed by atoms with E-state index >= 15 is 0 Å². The van der Waals surface area contributed by atoms with E-state index < -0.39 is 5.60 Å². The maximum atomic E-state index is 11.9. The first-order valence-corrected chi connectivity index (χ1v) is 6.52. The summed E-state index contributed by atoms with van der Waals surface area (Å²) in [6.07, 6.45) is 1.62. The van der Waals surface area contributed by atoms with Crippen LogP contribution in [0, 0.1) is 0 Å². The summed E-state index contributed by atoms with van der Waals surface area (Å²) in [6.45, 7) is 5.53. The van der Waals surface area contributed by atoms with E-state index in [1.165, 1.54) is 0 Å². The highest BCUT2D eigenvalue weighted by Crippen LogP contribution is 2.24. The number of amides is 2. The fourth-order valence-corrected chi connectivity index (χ4v) is 2.33. The zero-order valence-corrected chi connectivity index (χ0v) is 10.8. The van der Waals surface area contributed by atoms with Crippen LogP contribution in [0.5, 0.6) is 0 Å². The third-order valence-electron chi connectivity index (χ3n) is 3.57. The highest BCUT2D eigenvalue weighted by Gasteiger charge is 2.37. The van der Waals surface area contributed by atoms with E-state index in [1.54, 1.807) is 11.8 Å². The van der Waals surface area contributed by atoms with Gasteiger partial charge in [-0.1, -0.05) is 0 Å². The molecule has 2 aliphatic rings. The molecule has 2 heterocycles. The third-order valence-corrected chi connectivity index (χ3v) is 3.57. The number of carbonyl (C=O) groups excluding carboxylic acids is 2. The van der Waals surface area contributed by atoms with Crippen LogP contribution in [0.4, 0.5) is 0 Å². The Kier molecular flexibility index (Phi) is 4.19. The van der Waals surface area contributed by atoms with E-state index in [1.807, 2.05) is 0 Å². The van der Waals surface area contributed by atoms with Crippen LogP contribution in [0.15, 0.2) is 0 Å². The molecular weight excluding hydrogens is 234 g/mol. The van der Waals surface area contributed by atoms with Gasteiger partial charge in [-0.2, -0.15) is 0 Å². The van der Waals surface area contributed by atoms with E-state index in [-0.39, 0.29) is 18.4 Å². The van der Waals surface area contributed by atoms with Crippen LogP contribution in [0.3, 0.4) is 0 Å². The number of nitrogens with one attached hydrogen (secondary N) is 2. The van der Waals surface area contributed by atoms with Gasteiger partial charge in [-0.15, -0.1) is 0 Å². The molecule has 0 radical (unpaired) electrons. The fraction of sp³-hybridized carbons (Fsp3) is 0.833. The Labute approximate surface area is 107 Å². The molecule has 0 spiro atoms. The summed E-state index contributed by atoms with van der Waals surface area (Å²) in [4.78, 5) is 25.6. The van der Waals surface area contributed by atoms with Crippen molar-refractivity contribution in [2.24, 2.45) is 0 Å². The molecule has 2 aliphatic heterocycles. The number of ether oxygens (including phenoxy) is 1. The summed E-state index contributed by atoms with van der Waals surface area (Å²) in [6, 6.07) is 0. The quantitative estimate of drug-likeness (QED) is 0.686. The molecule has 102 valence electrons. The number of hydrogen-bond donors (Lipinski definition) is 2. The summed E-state index contributed by atoms with van der Waals surface area (Å²) in [7, 11) is 0.